The van der Waals surface area contributed by atoms with E-state index >= 15 is 0 Å². The highest BCUT2D eigenvalue weighted by molar-refractivity contribution is 6.31. The van der Waals surface area contributed by atoms with Gasteiger partial charge in [0.05, 0.1) is 6.04 Å². The second-order valence-electron chi connectivity index (χ2n) is 4.49. The Morgan fingerprint density at radius 1 is 1.00 bits per heavy atom. The molecule has 0 bridgehead atoms. The van der Waals surface area contributed by atoms with Crippen molar-refractivity contribution in [3.05, 3.63) is 58.6 Å². The molecule has 0 aliphatic carbocycles. The zero-order valence-electron chi connectivity index (χ0n) is 10.8. The van der Waals surface area contributed by atoms with Crippen LogP contribution in [-0.2, 0) is 0 Å². The van der Waals surface area contributed by atoms with Gasteiger partial charge in [-0.2, -0.15) is 0 Å². The van der Waals surface area contributed by atoms with Crippen molar-refractivity contribution in [2.45, 2.75) is 6.04 Å². The summed E-state index contributed by atoms with van der Waals surface area (Å²) in [5.41, 5.74) is 4.62. The summed E-state index contributed by atoms with van der Waals surface area (Å²) in [6, 6.07) is 13.1. The maximum absolute atomic E-state index is 6.26. The summed E-state index contributed by atoms with van der Waals surface area (Å²) < 4.78 is 11.3. The van der Waals surface area contributed by atoms with Crippen molar-refractivity contribution < 1.29 is 9.47 Å². The quantitative estimate of drug-likeness (QED) is 0.674. The van der Waals surface area contributed by atoms with Crippen LogP contribution in [0.25, 0.3) is 0 Å². The van der Waals surface area contributed by atoms with Crippen LogP contribution in [-0.4, -0.2) is 13.2 Å². The first-order valence-corrected chi connectivity index (χ1v) is 6.78. The molecule has 0 spiro atoms. The number of hydrogen-bond acceptors (Lipinski definition) is 4. The highest BCUT2D eigenvalue weighted by Crippen LogP contribution is 2.40. The van der Waals surface area contributed by atoms with Crippen LogP contribution in [0.5, 0.6) is 11.5 Å². The second-order valence-corrected chi connectivity index (χ2v) is 4.90. The molecule has 2 aromatic carbocycles. The first kappa shape index (κ1) is 13.2. The van der Waals surface area contributed by atoms with E-state index in [2.05, 4.69) is 5.43 Å². The zero-order valence-corrected chi connectivity index (χ0v) is 11.6. The largest absolute Gasteiger partial charge is 0.486 e. The van der Waals surface area contributed by atoms with E-state index in [4.69, 9.17) is 26.9 Å². The monoisotopic (exact) mass is 290 g/mol. The highest BCUT2D eigenvalue weighted by atomic mass is 35.5. The first-order valence-electron chi connectivity index (χ1n) is 6.40. The minimum atomic E-state index is -0.250. The zero-order chi connectivity index (χ0) is 13.9. The lowest BCUT2D eigenvalue weighted by Gasteiger charge is -2.25. The molecule has 0 aromatic heterocycles. The molecule has 1 aliphatic heterocycles. The van der Waals surface area contributed by atoms with Crippen molar-refractivity contribution in [3.63, 3.8) is 0 Å². The van der Waals surface area contributed by atoms with E-state index in [1.807, 2.05) is 42.5 Å². The summed E-state index contributed by atoms with van der Waals surface area (Å²) in [6.45, 7) is 1.09. The minimum absolute atomic E-state index is 0.250. The summed E-state index contributed by atoms with van der Waals surface area (Å²) in [6.07, 6.45) is 0. The molecular formula is C15H15ClN2O2. The number of ether oxygens (including phenoxy) is 2. The molecular weight excluding hydrogens is 276 g/mol. The normalized spacial score (nSPS) is 14.9. The minimum Gasteiger partial charge on any atom is -0.486 e. The third-order valence-electron chi connectivity index (χ3n) is 3.29. The van der Waals surface area contributed by atoms with Crippen molar-refractivity contribution in [2.24, 2.45) is 5.84 Å². The summed E-state index contributed by atoms with van der Waals surface area (Å²) in [4.78, 5) is 0. The van der Waals surface area contributed by atoms with Crippen LogP contribution < -0.4 is 20.7 Å². The fraction of sp³-hybridized carbons (Fsp3) is 0.200. The molecule has 2 aromatic rings. The van der Waals surface area contributed by atoms with Gasteiger partial charge in [0.1, 0.15) is 13.2 Å². The van der Waals surface area contributed by atoms with Crippen molar-refractivity contribution in [1.29, 1.82) is 0 Å². The van der Waals surface area contributed by atoms with Crippen LogP contribution in [0.1, 0.15) is 17.2 Å². The lowest BCUT2D eigenvalue weighted by molar-refractivity contribution is 0.169. The number of hydrazine groups is 1. The van der Waals surface area contributed by atoms with E-state index < -0.39 is 0 Å². The number of nitrogens with one attached hydrogen (secondary N) is 1. The van der Waals surface area contributed by atoms with Gasteiger partial charge < -0.3 is 9.47 Å². The molecule has 4 nitrogen and oxygen atoms in total. The van der Waals surface area contributed by atoms with Crippen LogP contribution >= 0.6 is 11.6 Å². The van der Waals surface area contributed by atoms with Crippen LogP contribution in [0.15, 0.2) is 42.5 Å². The van der Waals surface area contributed by atoms with Crippen LogP contribution in [0.4, 0.5) is 0 Å². The molecule has 3 N–H and O–H groups in total. The number of benzene rings is 2. The molecule has 1 aliphatic rings. The topological polar surface area (TPSA) is 56.5 Å². The lowest BCUT2D eigenvalue weighted by atomic mass is 9.98. The van der Waals surface area contributed by atoms with Gasteiger partial charge in [-0.3, -0.25) is 5.84 Å². The molecule has 3 rings (SSSR count). The Balaban J connectivity index is 2.09. The number of nitrogens with two attached hydrogens (primary N) is 1. The predicted molar refractivity (Wildman–Crippen MR) is 78.1 cm³/mol. The van der Waals surface area contributed by atoms with Crippen LogP contribution in [0.3, 0.4) is 0 Å². The Hall–Kier alpha value is -1.75. The van der Waals surface area contributed by atoms with Crippen molar-refractivity contribution in [1.82, 2.24) is 5.43 Å². The average molecular weight is 291 g/mol. The number of para-hydroxylation sites is 1. The van der Waals surface area contributed by atoms with E-state index in [9.17, 15) is 0 Å². The van der Waals surface area contributed by atoms with Crippen molar-refractivity contribution in [2.75, 3.05) is 13.2 Å². The Kier molecular flexibility index (Phi) is 3.78. The van der Waals surface area contributed by atoms with Crippen LogP contribution in [0, 0.1) is 0 Å². The van der Waals surface area contributed by atoms with Gasteiger partial charge in [0.2, 0.25) is 0 Å². The molecule has 1 atom stereocenters. The molecule has 20 heavy (non-hydrogen) atoms. The Labute approximate surface area is 122 Å². The van der Waals surface area contributed by atoms with Crippen molar-refractivity contribution in [3.8, 4) is 11.5 Å². The molecule has 0 radical (unpaired) electrons. The van der Waals surface area contributed by atoms with Crippen molar-refractivity contribution >= 4 is 11.6 Å². The molecule has 104 valence electrons. The summed E-state index contributed by atoms with van der Waals surface area (Å²) >= 11 is 6.26. The van der Waals surface area contributed by atoms with Gasteiger partial charge in [-0.25, -0.2) is 5.43 Å². The predicted octanol–water partition coefficient (Wildman–Crippen LogP) is 2.66. The molecule has 1 unspecified atom stereocenters. The van der Waals surface area contributed by atoms with Gasteiger partial charge in [-0.1, -0.05) is 41.9 Å². The second kappa shape index (κ2) is 5.71. The number of rotatable bonds is 3. The maximum Gasteiger partial charge on any atom is 0.166 e. The van der Waals surface area contributed by atoms with E-state index in [1.54, 1.807) is 0 Å². The lowest BCUT2D eigenvalue weighted by Crippen LogP contribution is -2.30. The molecule has 0 saturated carbocycles. The highest BCUT2D eigenvalue weighted by Gasteiger charge is 2.23. The van der Waals surface area contributed by atoms with E-state index in [1.165, 1.54) is 0 Å². The van der Waals surface area contributed by atoms with Gasteiger partial charge >= 0.3 is 0 Å². The smallest absolute Gasteiger partial charge is 0.166 e. The summed E-state index contributed by atoms with van der Waals surface area (Å²) in [7, 11) is 0. The van der Waals surface area contributed by atoms with Crippen LogP contribution in [0.2, 0.25) is 5.02 Å². The fourth-order valence-electron chi connectivity index (χ4n) is 2.38. The molecule has 0 saturated heterocycles. The third kappa shape index (κ3) is 2.33. The SMILES string of the molecule is NNC(c1ccccc1Cl)c1cccc2c1OCCO2. The Morgan fingerprint density at radius 2 is 1.75 bits per heavy atom. The summed E-state index contributed by atoms with van der Waals surface area (Å²) in [5, 5.41) is 0.657. The van der Waals surface area contributed by atoms with Gasteiger partial charge in [0.15, 0.2) is 11.5 Å². The third-order valence-corrected chi connectivity index (χ3v) is 3.63. The first-order chi connectivity index (χ1) is 9.81. The molecule has 0 fully saturated rings. The number of halogens is 1. The number of hydrogen-bond donors (Lipinski definition) is 2. The summed E-state index contributed by atoms with van der Waals surface area (Å²) in [5.74, 6) is 7.19. The fourth-order valence-corrected chi connectivity index (χ4v) is 2.62. The Morgan fingerprint density at radius 3 is 2.55 bits per heavy atom. The number of fused-ring (bicyclic) bond motifs is 1. The van der Waals surface area contributed by atoms with E-state index in [0.717, 1.165) is 22.6 Å². The maximum atomic E-state index is 6.26. The molecule has 0 amide bonds. The van der Waals surface area contributed by atoms with Gasteiger partial charge in [0, 0.05) is 10.6 Å². The van der Waals surface area contributed by atoms with E-state index in [-0.39, 0.29) is 6.04 Å². The van der Waals surface area contributed by atoms with Gasteiger partial charge in [-0.05, 0) is 17.7 Å². The molecule has 1 heterocycles. The van der Waals surface area contributed by atoms with Gasteiger partial charge in [-0.15, -0.1) is 0 Å². The standard InChI is InChI=1S/C15H15ClN2O2/c16-12-6-2-1-4-10(12)14(18-17)11-5-3-7-13-15(11)20-9-8-19-13/h1-7,14,18H,8-9,17H2. The van der Waals surface area contributed by atoms with Gasteiger partial charge in [0.25, 0.3) is 0 Å². The Bertz CT molecular complexity index is 619. The average Bonchev–Trinajstić information content (AvgIpc) is 2.50. The van der Waals surface area contributed by atoms with E-state index in [0.29, 0.717) is 18.2 Å². The molecule has 5 heteroatoms.